The Kier molecular flexibility index (Phi) is 13.4. The summed E-state index contributed by atoms with van der Waals surface area (Å²) >= 11 is 0. The fourth-order valence-electron chi connectivity index (χ4n) is 4.54. The summed E-state index contributed by atoms with van der Waals surface area (Å²) in [7, 11) is 0. The molecule has 2 aromatic carbocycles. The molecule has 1 heteroatoms. The van der Waals surface area contributed by atoms with Gasteiger partial charge in [0, 0.05) is 5.39 Å². The van der Waals surface area contributed by atoms with Crippen molar-refractivity contribution in [3.63, 3.8) is 0 Å². The minimum Gasteiger partial charge on any atom is -0.507 e. The lowest BCUT2D eigenvalue weighted by molar-refractivity contribution is 0.472. The molecule has 0 saturated heterocycles. The summed E-state index contributed by atoms with van der Waals surface area (Å²) in [4.78, 5) is 0. The Labute approximate surface area is 186 Å². The first-order chi connectivity index (χ1) is 14.8. The summed E-state index contributed by atoms with van der Waals surface area (Å²) in [6.07, 6.45) is 24.8. The van der Waals surface area contributed by atoms with Gasteiger partial charge in [0.15, 0.2) is 0 Å². The molecule has 30 heavy (non-hydrogen) atoms. The molecule has 0 unspecified atom stereocenters. The van der Waals surface area contributed by atoms with Crippen LogP contribution >= 0.6 is 0 Å². The van der Waals surface area contributed by atoms with E-state index in [-0.39, 0.29) is 0 Å². The van der Waals surface area contributed by atoms with E-state index in [9.17, 15) is 5.11 Å². The topological polar surface area (TPSA) is 20.2 Å². The molecule has 0 amide bonds. The summed E-state index contributed by atoms with van der Waals surface area (Å²) in [5, 5.41) is 12.6. The predicted molar refractivity (Wildman–Crippen MR) is 133 cm³/mol. The first kappa shape index (κ1) is 24.8. The van der Waals surface area contributed by atoms with Gasteiger partial charge in [0.1, 0.15) is 5.75 Å². The number of unbranched alkanes of at least 4 members (excludes halogenated alkanes) is 16. The van der Waals surface area contributed by atoms with Gasteiger partial charge in [-0.1, -0.05) is 146 Å². The maximum absolute atomic E-state index is 10.5. The van der Waals surface area contributed by atoms with Crippen LogP contribution in [0.5, 0.6) is 5.75 Å². The number of phenolic OH excluding ortho intramolecular Hbond substituents is 1. The lowest BCUT2D eigenvalue weighted by atomic mass is 10.00. The van der Waals surface area contributed by atoms with E-state index in [1.807, 2.05) is 18.2 Å². The maximum Gasteiger partial charge on any atom is 0.126 e. The minimum absolute atomic E-state index is 0.490. The zero-order valence-corrected chi connectivity index (χ0v) is 19.6. The largest absolute Gasteiger partial charge is 0.507 e. The Hall–Kier alpha value is -1.50. The molecule has 2 rings (SSSR count). The molecule has 1 nitrogen and oxygen atoms in total. The third kappa shape index (κ3) is 10.0. The molecule has 0 aromatic heterocycles. The van der Waals surface area contributed by atoms with Gasteiger partial charge >= 0.3 is 0 Å². The highest BCUT2D eigenvalue weighted by atomic mass is 16.3. The van der Waals surface area contributed by atoms with Gasteiger partial charge in [0.05, 0.1) is 0 Å². The maximum atomic E-state index is 10.5. The molecule has 0 spiro atoms. The second kappa shape index (κ2) is 16.2. The Morgan fingerprint density at radius 2 is 1.00 bits per heavy atom. The number of hydrogen-bond acceptors (Lipinski definition) is 1. The van der Waals surface area contributed by atoms with E-state index in [2.05, 4.69) is 25.1 Å². The smallest absolute Gasteiger partial charge is 0.126 e. The Morgan fingerprint density at radius 3 is 1.53 bits per heavy atom. The van der Waals surface area contributed by atoms with Crippen molar-refractivity contribution in [2.24, 2.45) is 0 Å². The zero-order chi connectivity index (χ0) is 21.3. The van der Waals surface area contributed by atoms with Crippen LogP contribution in [-0.4, -0.2) is 5.11 Å². The van der Waals surface area contributed by atoms with Crippen LogP contribution in [0.15, 0.2) is 36.4 Å². The Morgan fingerprint density at radius 1 is 0.533 bits per heavy atom. The van der Waals surface area contributed by atoms with Crippen LogP contribution in [0.3, 0.4) is 0 Å². The molecule has 1 N–H and O–H groups in total. The van der Waals surface area contributed by atoms with Crippen LogP contribution in [0, 0.1) is 0 Å². The van der Waals surface area contributed by atoms with Gasteiger partial charge in [-0.25, -0.2) is 0 Å². The van der Waals surface area contributed by atoms with Gasteiger partial charge in [0.25, 0.3) is 0 Å². The number of benzene rings is 2. The molecule has 0 bridgehead atoms. The molecule has 0 aliphatic rings. The van der Waals surface area contributed by atoms with Crippen molar-refractivity contribution in [2.75, 3.05) is 0 Å². The summed E-state index contributed by atoms with van der Waals surface area (Å²) in [6.45, 7) is 2.29. The minimum atomic E-state index is 0.490. The van der Waals surface area contributed by atoms with Crippen LogP contribution in [0.25, 0.3) is 10.8 Å². The van der Waals surface area contributed by atoms with Crippen molar-refractivity contribution in [3.8, 4) is 5.75 Å². The SMILES string of the molecule is CCCCCCCCCCCCCCCCCCCc1ccc2ccccc2c1O. The van der Waals surface area contributed by atoms with Gasteiger partial charge in [0.2, 0.25) is 0 Å². The van der Waals surface area contributed by atoms with Crippen LogP contribution in [0.4, 0.5) is 0 Å². The van der Waals surface area contributed by atoms with Crippen molar-refractivity contribution in [2.45, 2.75) is 122 Å². The van der Waals surface area contributed by atoms with Gasteiger partial charge in [-0.3, -0.25) is 0 Å². The van der Waals surface area contributed by atoms with Gasteiger partial charge < -0.3 is 5.11 Å². The van der Waals surface area contributed by atoms with E-state index in [4.69, 9.17) is 0 Å². The van der Waals surface area contributed by atoms with Crippen molar-refractivity contribution in [3.05, 3.63) is 42.0 Å². The molecule has 0 radical (unpaired) electrons. The average molecular weight is 411 g/mol. The molecule has 0 fully saturated rings. The lowest BCUT2D eigenvalue weighted by Crippen LogP contribution is -1.89. The summed E-state index contributed by atoms with van der Waals surface area (Å²) in [6, 6.07) is 12.3. The lowest BCUT2D eigenvalue weighted by Gasteiger charge is -2.08. The molecule has 0 aliphatic carbocycles. The fraction of sp³-hybridized carbons (Fsp3) is 0.655. The number of aryl methyl sites for hydroxylation is 1. The highest BCUT2D eigenvalue weighted by molar-refractivity contribution is 5.89. The van der Waals surface area contributed by atoms with E-state index in [0.717, 1.165) is 22.8 Å². The van der Waals surface area contributed by atoms with Gasteiger partial charge in [-0.15, -0.1) is 0 Å². The number of rotatable bonds is 18. The van der Waals surface area contributed by atoms with Gasteiger partial charge in [-0.2, -0.15) is 0 Å². The quantitative estimate of drug-likeness (QED) is 0.242. The van der Waals surface area contributed by atoms with E-state index in [1.165, 1.54) is 109 Å². The Bertz CT molecular complexity index is 675. The summed E-state index contributed by atoms with van der Waals surface area (Å²) in [5.41, 5.74) is 1.11. The van der Waals surface area contributed by atoms with Gasteiger partial charge in [-0.05, 0) is 23.8 Å². The molecule has 168 valence electrons. The van der Waals surface area contributed by atoms with Crippen molar-refractivity contribution in [1.82, 2.24) is 0 Å². The molecule has 0 saturated carbocycles. The van der Waals surface area contributed by atoms with Crippen molar-refractivity contribution >= 4 is 10.8 Å². The Balaban J connectivity index is 1.38. The highest BCUT2D eigenvalue weighted by Gasteiger charge is 2.05. The van der Waals surface area contributed by atoms with Crippen LogP contribution in [0.2, 0.25) is 0 Å². The summed E-state index contributed by atoms with van der Waals surface area (Å²) < 4.78 is 0. The molecular weight excluding hydrogens is 364 g/mol. The first-order valence-electron chi connectivity index (χ1n) is 13.0. The first-order valence-corrected chi connectivity index (χ1v) is 13.0. The summed E-state index contributed by atoms with van der Waals surface area (Å²) in [5.74, 6) is 0.490. The number of aromatic hydroxyl groups is 1. The monoisotopic (exact) mass is 410 g/mol. The third-order valence-corrected chi connectivity index (χ3v) is 6.53. The number of hydrogen-bond donors (Lipinski definition) is 1. The molecule has 2 aromatic rings. The average Bonchev–Trinajstić information content (AvgIpc) is 2.77. The number of phenols is 1. The van der Waals surface area contributed by atoms with Crippen molar-refractivity contribution in [1.29, 1.82) is 0 Å². The fourth-order valence-corrected chi connectivity index (χ4v) is 4.54. The van der Waals surface area contributed by atoms with Crippen LogP contribution in [-0.2, 0) is 6.42 Å². The van der Waals surface area contributed by atoms with E-state index >= 15 is 0 Å². The molecular formula is C29H46O. The third-order valence-electron chi connectivity index (χ3n) is 6.53. The zero-order valence-electron chi connectivity index (χ0n) is 19.6. The van der Waals surface area contributed by atoms with Crippen LogP contribution in [0.1, 0.15) is 122 Å². The van der Waals surface area contributed by atoms with Crippen LogP contribution < -0.4 is 0 Å². The normalized spacial score (nSPS) is 11.4. The molecule has 0 aliphatic heterocycles. The van der Waals surface area contributed by atoms with E-state index in [1.54, 1.807) is 0 Å². The van der Waals surface area contributed by atoms with E-state index in [0.29, 0.717) is 5.75 Å². The standard InChI is InChI=1S/C29H46O/c1-2-3-4-5-6-7-8-9-10-11-12-13-14-15-16-17-18-22-27-25-24-26-21-19-20-23-28(26)29(27)30/h19-21,23-25,30H,2-18,22H2,1H3. The molecule has 0 heterocycles. The predicted octanol–water partition coefficient (Wildman–Crippen LogP) is 9.74. The van der Waals surface area contributed by atoms with Crippen molar-refractivity contribution < 1.29 is 5.11 Å². The second-order valence-electron chi connectivity index (χ2n) is 9.20. The van der Waals surface area contributed by atoms with E-state index < -0.39 is 0 Å². The highest BCUT2D eigenvalue weighted by Crippen LogP contribution is 2.29. The molecule has 0 atom stereocenters. The number of fused-ring (bicyclic) bond motifs is 1. The second-order valence-corrected chi connectivity index (χ2v) is 9.20.